The molecule has 0 saturated heterocycles. The predicted octanol–water partition coefficient (Wildman–Crippen LogP) is 2.45. The molecule has 0 amide bonds. The molecule has 1 N–H and O–H groups in total. The maximum Gasteiger partial charge on any atom is 0.417 e. The number of alkyl halides is 3. The number of hydrogen-bond acceptors (Lipinski definition) is 2. The van der Waals surface area contributed by atoms with Crippen LogP contribution in [0.5, 0.6) is 0 Å². The Labute approximate surface area is 106 Å². The Bertz CT molecular complexity index is 638. The number of nitrogens with one attached hydrogen (secondary N) is 1. The van der Waals surface area contributed by atoms with Crippen molar-refractivity contribution >= 4 is 0 Å². The van der Waals surface area contributed by atoms with Crippen LogP contribution < -0.4 is 5.56 Å². The molecule has 2 heterocycles. The van der Waals surface area contributed by atoms with E-state index in [1.165, 1.54) is 6.07 Å². The highest BCUT2D eigenvalue weighted by Crippen LogP contribution is 2.28. The minimum atomic E-state index is -4.43. The first-order valence-electron chi connectivity index (χ1n) is 5.68. The van der Waals surface area contributed by atoms with Gasteiger partial charge in [-0.1, -0.05) is 6.92 Å². The first-order chi connectivity index (χ1) is 8.84. The average molecular weight is 271 g/mol. The number of H-pyrrole nitrogens is 1. The first kappa shape index (κ1) is 13.4. The Kier molecular flexibility index (Phi) is 3.21. The molecule has 0 aliphatic carbocycles. The maximum absolute atomic E-state index is 12.4. The average Bonchev–Trinajstić information content (AvgIpc) is 2.63. The number of halogens is 3. The van der Waals surface area contributed by atoms with Gasteiger partial charge in [0.25, 0.3) is 5.56 Å². The smallest absolute Gasteiger partial charge is 0.294 e. The van der Waals surface area contributed by atoms with E-state index in [1.54, 1.807) is 6.92 Å². The van der Waals surface area contributed by atoms with E-state index in [0.29, 0.717) is 23.9 Å². The molecule has 0 atom stereocenters. The summed E-state index contributed by atoms with van der Waals surface area (Å²) < 4.78 is 38.4. The second kappa shape index (κ2) is 4.56. The van der Waals surface area contributed by atoms with Crippen LogP contribution in [-0.2, 0) is 12.6 Å². The van der Waals surface area contributed by atoms with Gasteiger partial charge in [-0.3, -0.25) is 9.89 Å². The van der Waals surface area contributed by atoms with Crippen LogP contribution in [0, 0.1) is 6.92 Å². The van der Waals surface area contributed by atoms with Crippen molar-refractivity contribution in [1.29, 1.82) is 0 Å². The van der Waals surface area contributed by atoms with E-state index in [-0.39, 0.29) is 11.4 Å². The molecule has 0 bridgehead atoms. The lowest BCUT2D eigenvalue weighted by molar-refractivity contribution is -0.137. The van der Waals surface area contributed by atoms with E-state index in [1.807, 2.05) is 6.92 Å². The minimum absolute atomic E-state index is 0.140. The Morgan fingerprint density at radius 2 is 2.05 bits per heavy atom. The Balaban J connectivity index is 2.46. The van der Waals surface area contributed by atoms with Crippen LogP contribution >= 0.6 is 0 Å². The molecule has 4 nitrogen and oxygen atoms in total. The summed E-state index contributed by atoms with van der Waals surface area (Å²) in [6.07, 6.45) is -3.17. The fourth-order valence-electron chi connectivity index (χ4n) is 1.85. The van der Waals surface area contributed by atoms with Crippen LogP contribution in [0.15, 0.2) is 23.1 Å². The van der Waals surface area contributed by atoms with Crippen molar-refractivity contribution < 1.29 is 13.2 Å². The lowest BCUT2D eigenvalue weighted by Gasteiger charge is -2.06. The van der Waals surface area contributed by atoms with Crippen LogP contribution in [-0.4, -0.2) is 14.8 Å². The maximum atomic E-state index is 12.4. The van der Waals surface area contributed by atoms with Crippen LogP contribution in [0.1, 0.15) is 23.7 Å². The first-order valence-corrected chi connectivity index (χ1v) is 5.68. The summed E-state index contributed by atoms with van der Waals surface area (Å²) in [4.78, 5) is 15.6. The Morgan fingerprint density at radius 1 is 1.37 bits per heavy atom. The van der Waals surface area contributed by atoms with Crippen LogP contribution in [0.25, 0.3) is 5.82 Å². The molecule has 2 aromatic rings. The molecule has 0 aliphatic heterocycles. The molecule has 0 aromatic carbocycles. The minimum Gasteiger partial charge on any atom is -0.294 e. The van der Waals surface area contributed by atoms with Gasteiger partial charge in [-0.15, -0.1) is 0 Å². The molecular formula is C12H12F3N3O. The lowest BCUT2D eigenvalue weighted by atomic mass is 10.2. The molecule has 2 aromatic heterocycles. The van der Waals surface area contributed by atoms with E-state index in [4.69, 9.17) is 0 Å². The fourth-order valence-corrected chi connectivity index (χ4v) is 1.85. The Morgan fingerprint density at radius 3 is 2.47 bits per heavy atom. The third-order valence-corrected chi connectivity index (χ3v) is 2.85. The van der Waals surface area contributed by atoms with Gasteiger partial charge in [0.15, 0.2) is 5.82 Å². The topological polar surface area (TPSA) is 50.7 Å². The van der Waals surface area contributed by atoms with E-state index in [2.05, 4.69) is 10.1 Å². The van der Waals surface area contributed by atoms with Gasteiger partial charge < -0.3 is 0 Å². The third kappa shape index (κ3) is 2.40. The zero-order chi connectivity index (χ0) is 14.2. The second-order valence-corrected chi connectivity index (χ2v) is 4.11. The van der Waals surface area contributed by atoms with E-state index < -0.39 is 11.7 Å². The standard InChI is InChI=1S/C12H12F3N3O/c1-3-9-7(2)17-18(11(9)19)10-5-4-8(6-16-10)12(13,14)15/h4-6,17H,3H2,1-2H3. The van der Waals surface area contributed by atoms with Crippen molar-refractivity contribution in [3.63, 3.8) is 0 Å². The molecular weight excluding hydrogens is 259 g/mol. The van der Waals surface area contributed by atoms with Crippen LogP contribution in [0.2, 0.25) is 0 Å². The predicted molar refractivity (Wildman–Crippen MR) is 63.3 cm³/mol. The molecule has 0 spiro atoms. The summed E-state index contributed by atoms with van der Waals surface area (Å²) in [5.41, 5.74) is 0.159. The van der Waals surface area contributed by atoms with Crippen LogP contribution in [0.4, 0.5) is 13.2 Å². The second-order valence-electron chi connectivity index (χ2n) is 4.11. The normalized spacial score (nSPS) is 11.8. The largest absolute Gasteiger partial charge is 0.417 e. The fraction of sp³-hybridized carbons (Fsp3) is 0.333. The van der Waals surface area contributed by atoms with Crippen molar-refractivity contribution in [1.82, 2.24) is 14.8 Å². The van der Waals surface area contributed by atoms with Gasteiger partial charge in [0.1, 0.15) is 0 Å². The monoisotopic (exact) mass is 271 g/mol. The number of hydrogen-bond donors (Lipinski definition) is 1. The van der Waals surface area contributed by atoms with Crippen LogP contribution in [0.3, 0.4) is 0 Å². The van der Waals surface area contributed by atoms with Gasteiger partial charge in [0, 0.05) is 17.5 Å². The highest BCUT2D eigenvalue weighted by atomic mass is 19.4. The van der Waals surface area contributed by atoms with E-state index >= 15 is 0 Å². The number of nitrogens with zero attached hydrogens (tertiary/aromatic N) is 2. The quantitative estimate of drug-likeness (QED) is 0.912. The van der Waals surface area contributed by atoms with Gasteiger partial charge in [-0.25, -0.2) is 9.67 Å². The highest BCUT2D eigenvalue weighted by molar-refractivity contribution is 5.28. The van der Waals surface area contributed by atoms with Gasteiger partial charge in [-0.05, 0) is 25.5 Å². The van der Waals surface area contributed by atoms with Gasteiger partial charge in [0.2, 0.25) is 0 Å². The summed E-state index contributed by atoms with van der Waals surface area (Å²) in [7, 11) is 0. The van der Waals surface area contributed by atoms with E-state index in [0.717, 1.165) is 10.7 Å². The SMILES string of the molecule is CCc1c(C)[nH]n(-c2ccc(C(F)(F)F)cn2)c1=O. The molecule has 0 saturated carbocycles. The summed E-state index contributed by atoms with van der Waals surface area (Å²) in [6.45, 7) is 3.57. The van der Waals surface area contributed by atoms with Crippen molar-refractivity contribution in [3.8, 4) is 5.82 Å². The van der Waals surface area contributed by atoms with Gasteiger partial charge in [0.05, 0.1) is 5.56 Å². The zero-order valence-electron chi connectivity index (χ0n) is 10.4. The van der Waals surface area contributed by atoms with E-state index in [9.17, 15) is 18.0 Å². The summed E-state index contributed by atoms with van der Waals surface area (Å²) in [5.74, 6) is 0.140. The van der Waals surface area contributed by atoms with Crippen molar-refractivity contribution in [3.05, 3.63) is 45.5 Å². The molecule has 2 rings (SSSR count). The number of aryl methyl sites for hydroxylation is 1. The number of aromatic nitrogens is 3. The molecule has 0 radical (unpaired) electrons. The summed E-state index contributed by atoms with van der Waals surface area (Å²) in [5, 5.41) is 2.80. The zero-order valence-corrected chi connectivity index (χ0v) is 10.4. The summed E-state index contributed by atoms with van der Waals surface area (Å²) >= 11 is 0. The lowest BCUT2D eigenvalue weighted by Crippen LogP contribution is -2.18. The molecule has 0 unspecified atom stereocenters. The molecule has 7 heteroatoms. The van der Waals surface area contributed by atoms with Gasteiger partial charge in [-0.2, -0.15) is 13.2 Å². The molecule has 102 valence electrons. The summed E-state index contributed by atoms with van der Waals surface area (Å²) in [6, 6.07) is 2.07. The molecule has 19 heavy (non-hydrogen) atoms. The number of pyridine rings is 1. The van der Waals surface area contributed by atoms with Crippen molar-refractivity contribution in [2.24, 2.45) is 0 Å². The Hall–Kier alpha value is -2.05. The van der Waals surface area contributed by atoms with Crippen molar-refractivity contribution in [2.75, 3.05) is 0 Å². The third-order valence-electron chi connectivity index (χ3n) is 2.85. The van der Waals surface area contributed by atoms with Crippen molar-refractivity contribution in [2.45, 2.75) is 26.4 Å². The molecule has 0 fully saturated rings. The van der Waals surface area contributed by atoms with Gasteiger partial charge >= 0.3 is 6.18 Å². The highest BCUT2D eigenvalue weighted by Gasteiger charge is 2.30. The number of aromatic amines is 1. The number of rotatable bonds is 2. The molecule has 0 aliphatic rings.